The minimum absolute atomic E-state index is 0.125. The molecule has 2 aliphatic rings. The number of hydrogen-bond donors (Lipinski definition) is 1. The molecule has 1 aliphatic heterocycles. The van der Waals surface area contributed by atoms with Crippen LogP contribution < -0.4 is 5.32 Å². The second-order valence-corrected chi connectivity index (χ2v) is 6.60. The number of amides is 1. The van der Waals surface area contributed by atoms with Crippen LogP contribution in [0, 0.1) is 11.7 Å². The van der Waals surface area contributed by atoms with Crippen LogP contribution in [0.4, 0.5) is 4.39 Å². The first-order valence-corrected chi connectivity index (χ1v) is 8.31. The summed E-state index contributed by atoms with van der Waals surface area (Å²) in [6.45, 7) is 2.00. The van der Waals surface area contributed by atoms with Crippen LogP contribution in [0.2, 0.25) is 0 Å². The Morgan fingerprint density at radius 3 is 2.45 bits per heavy atom. The maximum absolute atomic E-state index is 13.2. The zero-order chi connectivity index (χ0) is 15.4. The fourth-order valence-electron chi connectivity index (χ4n) is 3.72. The number of hydrogen-bond acceptors (Lipinski definition) is 2. The molecule has 3 rings (SSSR count). The number of halogens is 1. The van der Waals surface area contributed by atoms with E-state index in [9.17, 15) is 9.18 Å². The monoisotopic (exact) mass is 305 g/mol. The standard InChI is InChI=1S/C18H24FNO2/c19-16-7-5-15(6-8-16)18(9-11-22-12-10-18)13-20-17(21)14-3-1-2-4-14/h5-8,14H,1-4,9-13H2,(H,20,21). The van der Waals surface area contributed by atoms with Crippen molar-refractivity contribution >= 4 is 5.91 Å². The van der Waals surface area contributed by atoms with Gasteiger partial charge in [0.1, 0.15) is 5.82 Å². The molecule has 0 atom stereocenters. The van der Waals surface area contributed by atoms with Crippen LogP contribution in [0.1, 0.15) is 44.1 Å². The number of carbonyl (C=O) groups excluding carboxylic acids is 1. The lowest BCUT2D eigenvalue weighted by molar-refractivity contribution is -0.125. The summed E-state index contributed by atoms with van der Waals surface area (Å²) in [5, 5.41) is 3.16. The molecule has 1 saturated carbocycles. The lowest BCUT2D eigenvalue weighted by Gasteiger charge is -2.38. The summed E-state index contributed by atoms with van der Waals surface area (Å²) in [5.41, 5.74) is 0.976. The van der Waals surface area contributed by atoms with E-state index in [1.807, 2.05) is 12.1 Å². The molecule has 1 heterocycles. The molecule has 3 nitrogen and oxygen atoms in total. The summed E-state index contributed by atoms with van der Waals surface area (Å²) in [6.07, 6.45) is 6.08. The quantitative estimate of drug-likeness (QED) is 0.928. The van der Waals surface area contributed by atoms with E-state index in [0.717, 1.165) is 44.1 Å². The number of carbonyl (C=O) groups is 1. The molecule has 1 saturated heterocycles. The van der Waals surface area contributed by atoms with Gasteiger partial charge in [0, 0.05) is 31.1 Å². The first-order chi connectivity index (χ1) is 10.7. The van der Waals surface area contributed by atoms with Crippen molar-refractivity contribution in [1.82, 2.24) is 5.32 Å². The second-order valence-electron chi connectivity index (χ2n) is 6.60. The molecule has 120 valence electrons. The lowest BCUT2D eigenvalue weighted by Crippen LogP contribution is -2.45. The lowest BCUT2D eigenvalue weighted by atomic mass is 9.74. The van der Waals surface area contributed by atoms with Gasteiger partial charge in [-0.05, 0) is 43.4 Å². The molecule has 1 aromatic carbocycles. The van der Waals surface area contributed by atoms with Crippen molar-refractivity contribution in [1.29, 1.82) is 0 Å². The Bertz CT molecular complexity index is 502. The third-order valence-corrected chi connectivity index (χ3v) is 5.23. The minimum atomic E-state index is -0.221. The third-order valence-electron chi connectivity index (χ3n) is 5.23. The van der Waals surface area contributed by atoms with Gasteiger partial charge in [0.05, 0.1) is 0 Å². The van der Waals surface area contributed by atoms with Gasteiger partial charge in [-0.15, -0.1) is 0 Å². The molecule has 22 heavy (non-hydrogen) atoms. The Morgan fingerprint density at radius 2 is 1.82 bits per heavy atom. The van der Waals surface area contributed by atoms with Crippen LogP contribution >= 0.6 is 0 Å². The maximum Gasteiger partial charge on any atom is 0.223 e. The summed E-state index contributed by atoms with van der Waals surface area (Å²) >= 11 is 0. The highest BCUT2D eigenvalue weighted by atomic mass is 19.1. The first-order valence-electron chi connectivity index (χ1n) is 8.31. The molecule has 0 aromatic heterocycles. The summed E-state index contributed by atoms with van der Waals surface area (Å²) < 4.78 is 18.7. The Balaban J connectivity index is 1.71. The zero-order valence-corrected chi connectivity index (χ0v) is 12.9. The van der Waals surface area contributed by atoms with E-state index in [1.165, 1.54) is 12.1 Å². The highest BCUT2D eigenvalue weighted by Gasteiger charge is 2.35. The fraction of sp³-hybridized carbons (Fsp3) is 0.611. The van der Waals surface area contributed by atoms with E-state index in [1.54, 1.807) is 0 Å². The van der Waals surface area contributed by atoms with Gasteiger partial charge in [-0.25, -0.2) is 4.39 Å². The van der Waals surface area contributed by atoms with Gasteiger partial charge in [0.25, 0.3) is 0 Å². The van der Waals surface area contributed by atoms with Crippen molar-refractivity contribution in [3.05, 3.63) is 35.6 Å². The molecule has 0 spiro atoms. The van der Waals surface area contributed by atoms with E-state index in [0.29, 0.717) is 19.8 Å². The van der Waals surface area contributed by atoms with E-state index >= 15 is 0 Å². The van der Waals surface area contributed by atoms with Gasteiger partial charge >= 0.3 is 0 Å². The summed E-state index contributed by atoms with van der Waals surface area (Å²) in [7, 11) is 0. The smallest absolute Gasteiger partial charge is 0.223 e. The molecule has 4 heteroatoms. The second kappa shape index (κ2) is 6.78. The summed E-state index contributed by atoms with van der Waals surface area (Å²) in [4.78, 5) is 12.3. The molecule has 0 radical (unpaired) electrons. The van der Waals surface area contributed by atoms with Gasteiger partial charge in [0.15, 0.2) is 0 Å². The van der Waals surface area contributed by atoms with Crippen LogP contribution in [-0.4, -0.2) is 25.7 Å². The van der Waals surface area contributed by atoms with E-state index in [4.69, 9.17) is 4.74 Å². The van der Waals surface area contributed by atoms with Crippen molar-refractivity contribution < 1.29 is 13.9 Å². The molecular weight excluding hydrogens is 281 g/mol. The van der Waals surface area contributed by atoms with E-state index < -0.39 is 0 Å². The Morgan fingerprint density at radius 1 is 1.18 bits per heavy atom. The van der Waals surface area contributed by atoms with Gasteiger partial charge in [-0.1, -0.05) is 25.0 Å². The van der Waals surface area contributed by atoms with Crippen molar-refractivity contribution in [2.24, 2.45) is 5.92 Å². The highest BCUT2D eigenvalue weighted by molar-refractivity contribution is 5.79. The highest BCUT2D eigenvalue weighted by Crippen LogP contribution is 2.35. The molecular formula is C18H24FNO2. The predicted octanol–water partition coefficient (Wildman–Crippen LogP) is 3.18. The number of ether oxygens (including phenoxy) is 1. The Kier molecular flexibility index (Phi) is 4.77. The molecule has 0 bridgehead atoms. The van der Waals surface area contributed by atoms with Crippen molar-refractivity contribution in [3.63, 3.8) is 0 Å². The van der Waals surface area contributed by atoms with E-state index in [-0.39, 0.29) is 23.1 Å². The molecule has 1 aliphatic carbocycles. The summed E-state index contributed by atoms with van der Waals surface area (Å²) in [5.74, 6) is 0.150. The Hall–Kier alpha value is -1.42. The molecule has 1 aromatic rings. The normalized spacial score (nSPS) is 21.7. The third kappa shape index (κ3) is 3.32. The summed E-state index contributed by atoms with van der Waals surface area (Å²) in [6, 6.07) is 6.71. The van der Waals surface area contributed by atoms with Crippen LogP contribution in [0.15, 0.2) is 24.3 Å². The molecule has 1 amide bonds. The average molecular weight is 305 g/mol. The molecule has 2 fully saturated rings. The number of benzene rings is 1. The zero-order valence-electron chi connectivity index (χ0n) is 12.9. The number of rotatable bonds is 4. The van der Waals surface area contributed by atoms with Crippen LogP contribution in [-0.2, 0) is 14.9 Å². The van der Waals surface area contributed by atoms with Gasteiger partial charge < -0.3 is 10.1 Å². The minimum Gasteiger partial charge on any atom is -0.381 e. The fourth-order valence-corrected chi connectivity index (χ4v) is 3.72. The topological polar surface area (TPSA) is 38.3 Å². The Labute approximate surface area is 131 Å². The van der Waals surface area contributed by atoms with Gasteiger partial charge in [-0.2, -0.15) is 0 Å². The van der Waals surface area contributed by atoms with Crippen LogP contribution in [0.3, 0.4) is 0 Å². The van der Waals surface area contributed by atoms with Crippen molar-refractivity contribution in [3.8, 4) is 0 Å². The van der Waals surface area contributed by atoms with E-state index in [2.05, 4.69) is 5.32 Å². The first kappa shape index (κ1) is 15.5. The van der Waals surface area contributed by atoms with Crippen LogP contribution in [0.5, 0.6) is 0 Å². The SMILES string of the molecule is O=C(NCC1(c2ccc(F)cc2)CCOCC1)C1CCCC1. The van der Waals surface area contributed by atoms with Crippen molar-refractivity contribution in [2.75, 3.05) is 19.8 Å². The van der Waals surface area contributed by atoms with Gasteiger partial charge in [0.2, 0.25) is 5.91 Å². The number of nitrogens with one attached hydrogen (secondary N) is 1. The molecule has 1 N–H and O–H groups in total. The van der Waals surface area contributed by atoms with Crippen molar-refractivity contribution in [2.45, 2.75) is 43.9 Å². The maximum atomic E-state index is 13.2. The largest absolute Gasteiger partial charge is 0.381 e. The van der Waals surface area contributed by atoms with Gasteiger partial charge in [-0.3, -0.25) is 4.79 Å². The van der Waals surface area contributed by atoms with Crippen LogP contribution in [0.25, 0.3) is 0 Å². The predicted molar refractivity (Wildman–Crippen MR) is 83.1 cm³/mol. The molecule has 0 unspecified atom stereocenters. The average Bonchev–Trinajstić information content (AvgIpc) is 3.09.